The van der Waals surface area contributed by atoms with Gasteiger partial charge in [0.05, 0.1) is 6.10 Å². The van der Waals surface area contributed by atoms with Crippen LogP contribution in [0, 0.1) is 5.92 Å². The third-order valence-electron chi connectivity index (χ3n) is 4.60. The van der Waals surface area contributed by atoms with E-state index in [1.54, 1.807) is 0 Å². The Morgan fingerprint density at radius 3 is 2.42 bits per heavy atom. The van der Waals surface area contributed by atoms with Gasteiger partial charge in [-0.15, -0.1) is 0 Å². The molecule has 1 aliphatic heterocycles. The second-order valence-corrected chi connectivity index (χ2v) is 6.10. The van der Waals surface area contributed by atoms with Crippen LogP contribution in [0.2, 0.25) is 0 Å². The number of β-amino-alcohol motifs (C(OH)–C–C–N with tert-alkyl or cyclic N) is 1. The Kier molecular flexibility index (Phi) is 5.64. The summed E-state index contributed by atoms with van der Waals surface area (Å²) >= 11 is 0. The highest BCUT2D eigenvalue weighted by molar-refractivity contribution is 5.76. The van der Waals surface area contributed by atoms with E-state index in [0.717, 1.165) is 45.6 Å². The molecule has 2 rings (SSSR count). The number of carbonyl (C=O) groups excluding carboxylic acids is 1. The van der Waals surface area contributed by atoms with Crippen LogP contribution in [0.25, 0.3) is 0 Å². The topological polar surface area (TPSA) is 43.8 Å². The number of hydrogen-bond acceptors (Lipinski definition) is 3. The van der Waals surface area contributed by atoms with Crippen LogP contribution >= 0.6 is 0 Å². The van der Waals surface area contributed by atoms with Crippen LogP contribution in [0.3, 0.4) is 0 Å². The van der Waals surface area contributed by atoms with Crippen molar-refractivity contribution in [2.24, 2.45) is 5.92 Å². The van der Waals surface area contributed by atoms with Gasteiger partial charge in [-0.2, -0.15) is 0 Å². The smallest absolute Gasteiger partial charge is 0.222 e. The summed E-state index contributed by atoms with van der Waals surface area (Å²) in [6, 6.07) is 0. The molecule has 1 saturated heterocycles. The van der Waals surface area contributed by atoms with Crippen molar-refractivity contribution in [1.82, 2.24) is 9.80 Å². The first-order valence-electron chi connectivity index (χ1n) is 7.87. The molecule has 4 nitrogen and oxygen atoms in total. The molecule has 1 atom stereocenters. The Hall–Kier alpha value is -0.610. The molecule has 1 aliphatic carbocycles. The minimum absolute atomic E-state index is 0.222. The minimum atomic E-state index is -0.222. The Morgan fingerprint density at radius 2 is 1.84 bits per heavy atom. The minimum Gasteiger partial charge on any atom is -0.392 e. The third-order valence-corrected chi connectivity index (χ3v) is 4.60. The van der Waals surface area contributed by atoms with Gasteiger partial charge in [-0.3, -0.25) is 9.69 Å². The van der Waals surface area contributed by atoms with Gasteiger partial charge in [0, 0.05) is 39.1 Å². The largest absolute Gasteiger partial charge is 0.392 e. The quantitative estimate of drug-likeness (QED) is 0.821. The van der Waals surface area contributed by atoms with Gasteiger partial charge >= 0.3 is 0 Å². The van der Waals surface area contributed by atoms with Gasteiger partial charge in [0.1, 0.15) is 0 Å². The summed E-state index contributed by atoms with van der Waals surface area (Å²) < 4.78 is 0. The molecule has 4 heteroatoms. The van der Waals surface area contributed by atoms with Crippen molar-refractivity contribution in [3.05, 3.63) is 0 Å². The number of aliphatic hydroxyl groups is 1. The first-order chi connectivity index (χ1) is 9.19. The molecule has 0 unspecified atom stereocenters. The molecular formula is C15H28N2O2. The summed E-state index contributed by atoms with van der Waals surface area (Å²) in [4.78, 5) is 16.5. The van der Waals surface area contributed by atoms with Gasteiger partial charge in [-0.25, -0.2) is 0 Å². The molecule has 0 bridgehead atoms. The lowest BCUT2D eigenvalue weighted by Gasteiger charge is -2.36. The maximum atomic E-state index is 12.2. The summed E-state index contributed by atoms with van der Waals surface area (Å²) in [6.45, 7) is 6.25. The van der Waals surface area contributed by atoms with E-state index >= 15 is 0 Å². The summed E-state index contributed by atoms with van der Waals surface area (Å²) in [5.74, 6) is 0.995. The van der Waals surface area contributed by atoms with E-state index < -0.39 is 0 Å². The molecule has 110 valence electrons. The zero-order valence-electron chi connectivity index (χ0n) is 12.2. The molecule has 0 spiro atoms. The number of rotatable bonds is 5. The fourth-order valence-electron chi connectivity index (χ4n) is 3.20. The molecule has 1 heterocycles. The average molecular weight is 268 g/mol. The first kappa shape index (κ1) is 14.8. The van der Waals surface area contributed by atoms with E-state index in [0.29, 0.717) is 11.8 Å². The SMILES string of the molecule is CC[C@@H](O)CN1CCN(C(=O)CC2CCCC2)CC1. The normalized spacial score (nSPS) is 23.8. The van der Waals surface area contributed by atoms with Crippen LogP contribution in [0.1, 0.15) is 45.4 Å². The number of aliphatic hydroxyl groups excluding tert-OH is 1. The van der Waals surface area contributed by atoms with E-state index in [9.17, 15) is 9.90 Å². The van der Waals surface area contributed by atoms with Crippen molar-refractivity contribution < 1.29 is 9.90 Å². The van der Waals surface area contributed by atoms with Gasteiger partial charge in [-0.1, -0.05) is 19.8 Å². The molecule has 2 fully saturated rings. The summed E-state index contributed by atoms with van der Waals surface area (Å²) in [5.41, 5.74) is 0. The molecule has 1 saturated carbocycles. The molecule has 1 amide bonds. The number of amides is 1. The van der Waals surface area contributed by atoms with Crippen molar-refractivity contribution in [2.45, 2.75) is 51.6 Å². The highest BCUT2D eigenvalue weighted by atomic mass is 16.3. The molecule has 1 N–H and O–H groups in total. The summed E-state index contributed by atoms with van der Waals surface area (Å²) in [6.07, 6.45) is 6.45. The number of hydrogen-bond donors (Lipinski definition) is 1. The molecular weight excluding hydrogens is 240 g/mol. The standard InChI is InChI=1S/C15H28N2O2/c1-2-14(18)12-16-7-9-17(10-8-16)15(19)11-13-5-3-4-6-13/h13-14,18H,2-12H2,1H3/t14-/m1/s1. The lowest BCUT2D eigenvalue weighted by atomic mass is 10.0. The summed E-state index contributed by atoms with van der Waals surface area (Å²) in [7, 11) is 0. The first-order valence-corrected chi connectivity index (χ1v) is 7.87. The fraction of sp³-hybridized carbons (Fsp3) is 0.933. The zero-order valence-corrected chi connectivity index (χ0v) is 12.2. The second kappa shape index (κ2) is 7.25. The van der Waals surface area contributed by atoms with Gasteiger partial charge < -0.3 is 10.0 Å². The van der Waals surface area contributed by atoms with E-state index in [4.69, 9.17) is 0 Å². The predicted octanol–water partition coefficient (Wildman–Crippen LogP) is 1.48. The van der Waals surface area contributed by atoms with Crippen molar-refractivity contribution in [2.75, 3.05) is 32.7 Å². The van der Waals surface area contributed by atoms with Crippen LogP contribution in [-0.4, -0.2) is 59.6 Å². The lowest BCUT2D eigenvalue weighted by Crippen LogP contribution is -2.50. The second-order valence-electron chi connectivity index (χ2n) is 6.10. The van der Waals surface area contributed by atoms with Gasteiger partial charge in [0.15, 0.2) is 0 Å². The Bertz CT molecular complexity index is 282. The predicted molar refractivity (Wildman–Crippen MR) is 75.9 cm³/mol. The Labute approximate surface area is 116 Å². The maximum absolute atomic E-state index is 12.2. The van der Waals surface area contributed by atoms with Crippen LogP contribution in [0.5, 0.6) is 0 Å². The highest BCUT2D eigenvalue weighted by Crippen LogP contribution is 2.28. The van der Waals surface area contributed by atoms with Crippen LogP contribution in [0.4, 0.5) is 0 Å². The molecule has 19 heavy (non-hydrogen) atoms. The van der Waals surface area contributed by atoms with Gasteiger partial charge in [0.2, 0.25) is 5.91 Å². The van der Waals surface area contributed by atoms with Crippen LogP contribution in [0.15, 0.2) is 0 Å². The lowest BCUT2D eigenvalue weighted by molar-refractivity contribution is -0.134. The molecule has 2 aliphatic rings. The third kappa shape index (κ3) is 4.46. The zero-order chi connectivity index (χ0) is 13.7. The molecule has 0 aromatic carbocycles. The molecule has 0 aromatic heterocycles. The highest BCUT2D eigenvalue weighted by Gasteiger charge is 2.25. The van der Waals surface area contributed by atoms with E-state index in [1.807, 2.05) is 11.8 Å². The van der Waals surface area contributed by atoms with E-state index in [2.05, 4.69) is 4.90 Å². The molecule has 0 aromatic rings. The Balaban J connectivity index is 1.68. The average Bonchev–Trinajstić information content (AvgIpc) is 2.92. The monoisotopic (exact) mass is 268 g/mol. The fourth-order valence-corrected chi connectivity index (χ4v) is 3.20. The number of carbonyl (C=O) groups is 1. The summed E-state index contributed by atoms with van der Waals surface area (Å²) in [5, 5.41) is 9.65. The maximum Gasteiger partial charge on any atom is 0.222 e. The van der Waals surface area contributed by atoms with E-state index in [1.165, 1.54) is 25.7 Å². The van der Waals surface area contributed by atoms with E-state index in [-0.39, 0.29) is 6.10 Å². The van der Waals surface area contributed by atoms with Gasteiger partial charge in [-0.05, 0) is 25.2 Å². The Morgan fingerprint density at radius 1 is 1.21 bits per heavy atom. The van der Waals surface area contributed by atoms with Crippen molar-refractivity contribution in [3.8, 4) is 0 Å². The van der Waals surface area contributed by atoms with Crippen LogP contribution < -0.4 is 0 Å². The number of piperazine rings is 1. The number of nitrogens with zero attached hydrogens (tertiary/aromatic N) is 2. The van der Waals surface area contributed by atoms with Crippen molar-refractivity contribution in [1.29, 1.82) is 0 Å². The van der Waals surface area contributed by atoms with Gasteiger partial charge in [0.25, 0.3) is 0 Å². The van der Waals surface area contributed by atoms with Crippen LogP contribution in [-0.2, 0) is 4.79 Å². The van der Waals surface area contributed by atoms with Crippen molar-refractivity contribution in [3.63, 3.8) is 0 Å². The van der Waals surface area contributed by atoms with Crippen molar-refractivity contribution >= 4 is 5.91 Å². The molecule has 0 radical (unpaired) electrons.